The van der Waals surface area contributed by atoms with Crippen LogP contribution in [0.2, 0.25) is 0 Å². The summed E-state index contributed by atoms with van der Waals surface area (Å²) in [4.78, 5) is 36.5. The zero-order valence-electron chi connectivity index (χ0n) is 31.3. The molecule has 0 aliphatic heterocycles. The third kappa shape index (κ3) is 11.8. The Morgan fingerprint density at radius 2 is 1.03 bits per heavy atom. The SMILES string of the molecule is CCCCCC[C@H](C)OC(=O)c1ccc(-c2ccc(OC(=O)c3ccc(OCCCCCCOC(=O)C(F)(F)C(F)(F)C(F)(F)C(F)(F)C(F)(F)F)cc3)cc2)cc1. The minimum Gasteiger partial charge on any atom is -0.494 e. The van der Waals surface area contributed by atoms with Crippen LogP contribution in [0.3, 0.4) is 0 Å². The van der Waals surface area contributed by atoms with Gasteiger partial charge in [0.1, 0.15) is 11.5 Å². The van der Waals surface area contributed by atoms with Gasteiger partial charge in [-0.05, 0) is 105 Å². The minimum absolute atomic E-state index is 0.0912. The topological polar surface area (TPSA) is 88.1 Å². The van der Waals surface area contributed by atoms with Crippen molar-refractivity contribution in [3.05, 3.63) is 83.9 Å². The van der Waals surface area contributed by atoms with Gasteiger partial charge in [0.25, 0.3) is 0 Å². The Morgan fingerprint density at radius 1 is 0.552 bits per heavy atom. The summed E-state index contributed by atoms with van der Waals surface area (Å²) < 4.78 is 164. The summed E-state index contributed by atoms with van der Waals surface area (Å²) in [7, 11) is 0. The van der Waals surface area contributed by atoms with E-state index in [9.17, 15) is 62.7 Å². The average Bonchev–Trinajstić information content (AvgIpc) is 3.17. The van der Waals surface area contributed by atoms with Crippen molar-refractivity contribution >= 4 is 17.9 Å². The number of alkyl halides is 11. The molecule has 0 saturated heterocycles. The fourth-order valence-corrected chi connectivity index (χ4v) is 5.24. The lowest BCUT2D eigenvalue weighted by Crippen LogP contribution is -2.68. The summed E-state index contributed by atoms with van der Waals surface area (Å²) in [6.07, 6.45) is -1.93. The van der Waals surface area contributed by atoms with E-state index in [1.54, 1.807) is 48.5 Å². The van der Waals surface area contributed by atoms with Crippen LogP contribution in [0.15, 0.2) is 72.8 Å². The Bertz CT molecular complexity index is 1780. The second kappa shape index (κ2) is 20.2. The number of rotatable bonds is 22. The van der Waals surface area contributed by atoms with Crippen LogP contribution in [0, 0.1) is 0 Å². The molecule has 0 aromatic heterocycles. The Morgan fingerprint density at radius 3 is 1.59 bits per heavy atom. The summed E-state index contributed by atoms with van der Waals surface area (Å²) in [6.45, 7) is 3.05. The molecule has 0 amide bonds. The molecule has 3 aromatic carbocycles. The standard InChI is InChI=1S/C40H41F11O7/c1-3-4-5-8-11-26(2)57-33(52)29-14-12-27(13-15-29)28-16-22-32(23-17-28)58-34(53)30-18-20-31(21-19-30)55-24-9-6-7-10-25-56-35(54)36(41,42)37(43,44)38(45,46)39(47,48)40(49,50)51/h12-23,26H,3-11,24-25H2,1-2H3/t26-/m0/s1. The quantitative estimate of drug-likeness (QED) is 0.0431. The van der Waals surface area contributed by atoms with Crippen LogP contribution in [0.4, 0.5) is 48.3 Å². The molecule has 3 aromatic rings. The molecule has 0 N–H and O–H groups in total. The highest BCUT2D eigenvalue weighted by Gasteiger charge is 2.89. The molecule has 18 heteroatoms. The molecule has 0 fully saturated rings. The number of esters is 3. The minimum atomic E-state index is -7.69. The molecular formula is C40H41F11O7. The first kappa shape index (κ1) is 47.5. The van der Waals surface area contributed by atoms with Crippen LogP contribution in [0.5, 0.6) is 11.5 Å². The number of halogens is 11. The van der Waals surface area contributed by atoms with Gasteiger partial charge in [-0.3, -0.25) is 0 Å². The van der Waals surface area contributed by atoms with Crippen LogP contribution < -0.4 is 9.47 Å². The Hall–Kier alpha value is -4.90. The number of hydrogen-bond donors (Lipinski definition) is 0. The maximum Gasteiger partial charge on any atom is 0.460 e. The summed E-state index contributed by atoms with van der Waals surface area (Å²) in [6, 6.07) is 19.5. The number of benzene rings is 3. The van der Waals surface area contributed by atoms with Gasteiger partial charge in [0.05, 0.1) is 30.4 Å². The third-order valence-electron chi connectivity index (χ3n) is 8.72. The number of ether oxygens (including phenoxy) is 4. The Labute approximate surface area is 326 Å². The predicted molar refractivity (Wildman–Crippen MR) is 188 cm³/mol. The summed E-state index contributed by atoms with van der Waals surface area (Å²) in [5, 5.41) is 0. The summed E-state index contributed by atoms with van der Waals surface area (Å²) in [5.41, 5.74) is 2.28. The van der Waals surface area contributed by atoms with Crippen molar-refractivity contribution in [3.8, 4) is 22.6 Å². The molecule has 58 heavy (non-hydrogen) atoms. The highest BCUT2D eigenvalue weighted by atomic mass is 19.4. The van der Waals surface area contributed by atoms with Gasteiger partial charge in [-0.15, -0.1) is 0 Å². The first-order chi connectivity index (χ1) is 27.1. The highest BCUT2D eigenvalue weighted by Crippen LogP contribution is 2.57. The average molecular weight is 843 g/mol. The van der Waals surface area contributed by atoms with Crippen LogP contribution in [0.1, 0.15) is 92.4 Å². The Balaban J connectivity index is 1.37. The molecule has 0 aliphatic rings. The molecule has 0 heterocycles. The maximum atomic E-state index is 13.7. The van der Waals surface area contributed by atoms with Gasteiger partial charge in [-0.2, -0.15) is 48.3 Å². The molecule has 0 aliphatic carbocycles. The third-order valence-corrected chi connectivity index (χ3v) is 8.72. The largest absolute Gasteiger partial charge is 0.494 e. The smallest absolute Gasteiger partial charge is 0.460 e. The van der Waals surface area contributed by atoms with Crippen molar-refractivity contribution in [2.75, 3.05) is 13.2 Å². The van der Waals surface area contributed by atoms with Gasteiger partial charge in [0.15, 0.2) is 0 Å². The fourth-order valence-electron chi connectivity index (χ4n) is 5.24. The molecule has 7 nitrogen and oxygen atoms in total. The fraction of sp³-hybridized carbons (Fsp3) is 0.475. The van der Waals surface area contributed by atoms with Crippen LogP contribution in [0.25, 0.3) is 11.1 Å². The van der Waals surface area contributed by atoms with E-state index < -0.39 is 48.4 Å². The van der Waals surface area contributed by atoms with Crippen molar-refractivity contribution < 1.29 is 81.6 Å². The normalized spacial score (nSPS) is 13.1. The lowest BCUT2D eigenvalue weighted by Gasteiger charge is -2.36. The van der Waals surface area contributed by atoms with Gasteiger partial charge in [-0.1, -0.05) is 50.5 Å². The van der Waals surface area contributed by atoms with E-state index in [0.717, 1.165) is 43.2 Å². The monoisotopic (exact) mass is 842 g/mol. The lowest BCUT2D eigenvalue weighted by molar-refractivity contribution is -0.418. The van der Waals surface area contributed by atoms with Crippen molar-refractivity contribution in [1.82, 2.24) is 0 Å². The van der Waals surface area contributed by atoms with Gasteiger partial charge in [0, 0.05) is 0 Å². The molecule has 0 radical (unpaired) electrons. The summed E-state index contributed by atoms with van der Waals surface area (Å²) >= 11 is 0. The zero-order valence-corrected chi connectivity index (χ0v) is 31.3. The van der Waals surface area contributed by atoms with E-state index in [2.05, 4.69) is 11.7 Å². The second-order valence-corrected chi connectivity index (χ2v) is 13.3. The predicted octanol–water partition coefficient (Wildman–Crippen LogP) is 11.7. The van der Waals surface area contributed by atoms with E-state index in [-0.39, 0.29) is 49.3 Å². The first-order valence-corrected chi connectivity index (χ1v) is 18.2. The van der Waals surface area contributed by atoms with Gasteiger partial charge in [0.2, 0.25) is 0 Å². The van der Waals surface area contributed by atoms with E-state index in [1.807, 2.05) is 6.92 Å². The van der Waals surface area contributed by atoms with Gasteiger partial charge >= 0.3 is 47.8 Å². The molecular weight excluding hydrogens is 801 g/mol. The van der Waals surface area contributed by atoms with Crippen molar-refractivity contribution in [2.45, 2.75) is 108 Å². The number of hydrogen-bond acceptors (Lipinski definition) is 7. The molecule has 3 rings (SSSR count). The van der Waals surface area contributed by atoms with Crippen LogP contribution in [-0.4, -0.2) is 67.1 Å². The van der Waals surface area contributed by atoms with Crippen molar-refractivity contribution in [3.63, 3.8) is 0 Å². The first-order valence-electron chi connectivity index (χ1n) is 18.2. The molecule has 320 valence electrons. The van der Waals surface area contributed by atoms with Crippen LogP contribution >= 0.6 is 0 Å². The molecule has 0 saturated carbocycles. The number of carbonyl (C=O) groups excluding carboxylic acids is 3. The van der Waals surface area contributed by atoms with E-state index in [4.69, 9.17) is 14.2 Å². The highest BCUT2D eigenvalue weighted by molar-refractivity contribution is 5.91. The van der Waals surface area contributed by atoms with Crippen molar-refractivity contribution in [1.29, 1.82) is 0 Å². The van der Waals surface area contributed by atoms with E-state index in [0.29, 0.717) is 17.7 Å². The van der Waals surface area contributed by atoms with Crippen LogP contribution in [-0.2, 0) is 14.3 Å². The van der Waals surface area contributed by atoms with E-state index in [1.165, 1.54) is 24.3 Å². The molecule has 0 unspecified atom stereocenters. The zero-order chi connectivity index (χ0) is 43.4. The van der Waals surface area contributed by atoms with Gasteiger partial charge in [-0.25, -0.2) is 14.4 Å². The Kier molecular flexibility index (Phi) is 16.5. The molecule has 0 bridgehead atoms. The molecule has 0 spiro atoms. The number of unbranched alkanes of at least 4 members (excludes halogenated alkanes) is 6. The number of carbonyl (C=O) groups is 3. The van der Waals surface area contributed by atoms with Crippen molar-refractivity contribution in [2.24, 2.45) is 0 Å². The molecule has 1 atom stereocenters. The lowest BCUT2D eigenvalue weighted by atomic mass is 9.98. The summed E-state index contributed by atoms with van der Waals surface area (Å²) in [5.74, 6) is -33.3. The van der Waals surface area contributed by atoms with Gasteiger partial charge < -0.3 is 18.9 Å². The van der Waals surface area contributed by atoms with E-state index >= 15 is 0 Å². The maximum absolute atomic E-state index is 13.7. The second-order valence-electron chi connectivity index (χ2n) is 13.3.